The molecule has 23 heavy (non-hydrogen) atoms. The highest BCUT2D eigenvalue weighted by Crippen LogP contribution is 2.17. The van der Waals surface area contributed by atoms with Crippen molar-refractivity contribution in [3.63, 3.8) is 0 Å². The second-order valence-electron chi connectivity index (χ2n) is 4.74. The molecule has 118 valence electrons. The van der Waals surface area contributed by atoms with Gasteiger partial charge < -0.3 is 10.1 Å². The van der Waals surface area contributed by atoms with Crippen molar-refractivity contribution in [1.82, 2.24) is 5.32 Å². The Balaban J connectivity index is 2.01. The van der Waals surface area contributed by atoms with Crippen LogP contribution in [0.2, 0.25) is 0 Å². The van der Waals surface area contributed by atoms with Crippen LogP contribution in [0.4, 0.5) is 5.69 Å². The summed E-state index contributed by atoms with van der Waals surface area (Å²) in [4.78, 5) is 23.4. The zero-order chi connectivity index (χ0) is 16.8. The average Bonchev–Trinajstić information content (AvgIpc) is 2.55. The number of carbonyl (C=O) groups is 2. The lowest BCUT2D eigenvalue weighted by molar-refractivity contribution is 0.0973. The van der Waals surface area contributed by atoms with E-state index in [1.807, 2.05) is 0 Å². The first-order valence-corrected chi connectivity index (χ1v) is 7.28. The molecule has 1 amide bonds. The van der Waals surface area contributed by atoms with Gasteiger partial charge in [-0.1, -0.05) is 12.1 Å². The third-order valence-electron chi connectivity index (χ3n) is 3.13. The summed E-state index contributed by atoms with van der Waals surface area (Å²) in [5.74, 6) is 0.0996. The molecule has 0 saturated carbocycles. The molecule has 0 fully saturated rings. The zero-order valence-corrected chi connectivity index (χ0v) is 13.6. The molecule has 2 aromatic carbocycles. The van der Waals surface area contributed by atoms with Crippen molar-refractivity contribution in [3.05, 3.63) is 59.7 Å². The van der Waals surface area contributed by atoms with E-state index in [4.69, 9.17) is 17.0 Å². The van der Waals surface area contributed by atoms with Crippen molar-refractivity contribution >= 4 is 34.7 Å². The van der Waals surface area contributed by atoms with Gasteiger partial charge in [-0.05, 0) is 55.5 Å². The molecule has 2 N–H and O–H groups in total. The molecular formula is C17H16N2O3S. The number of amides is 1. The SMILES string of the molecule is COc1ccccc1C(=O)NC(=S)Nc1ccc(C(C)=O)cc1. The molecule has 0 aromatic heterocycles. The van der Waals surface area contributed by atoms with Gasteiger partial charge in [0, 0.05) is 11.3 Å². The van der Waals surface area contributed by atoms with Crippen LogP contribution in [0, 0.1) is 0 Å². The number of rotatable bonds is 4. The number of nitrogens with one attached hydrogen (secondary N) is 2. The molecule has 0 spiro atoms. The summed E-state index contributed by atoms with van der Waals surface area (Å²) < 4.78 is 5.15. The monoisotopic (exact) mass is 328 g/mol. The van der Waals surface area contributed by atoms with E-state index in [-0.39, 0.29) is 16.8 Å². The summed E-state index contributed by atoms with van der Waals surface area (Å²) in [7, 11) is 1.50. The first-order valence-electron chi connectivity index (χ1n) is 6.87. The Labute approximate surface area is 139 Å². The minimum atomic E-state index is -0.361. The number of hydrogen-bond donors (Lipinski definition) is 2. The van der Waals surface area contributed by atoms with Gasteiger partial charge in [-0.15, -0.1) is 0 Å². The number of methoxy groups -OCH3 is 1. The lowest BCUT2D eigenvalue weighted by Gasteiger charge is -2.11. The van der Waals surface area contributed by atoms with Crippen LogP contribution in [0.1, 0.15) is 27.6 Å². The first-order chi connectivity index (χ1) is 11.0. The van der Waals surface area contributed by atoms with Crippen LogP contribution in [0.5, 0.6) is 5.75 Å². The van der Waals surface area contributed by atoms with E-state index in [0.29, 0.717) is 22.6 Å². The Hall–Kier alpha value is -2.73. The van der Waals surface area contributed by atoms with Crippen LogP contribution < -0.4 is 15.4 Å². The fraction of sp³-hybridized carbons (Fsp3) is 0.118. The maximum absolute atomic E-state index is 12.2. The van der Waals surface area contributed by atoms with Crippen molar-refractivity contribution < 1.29 is 14.3 Å². The summed E-state index contributed by atoms with van der Waals surface area (Å²) in [5, 5.41) is 5.65. The predicted octanol–water partition coefficient (Wildman–Crippen LogP) is 3.02. The quantitative estimate of drug-likeness (QED) is 0.667. The maximum Gasteiger partial charge on any atom is 0.261 e. The van der Waals surface area contributed by atoms with Crippen molar-refractivity contribution in [2.45, 2.75) is 6.92 Å². The summed E-state index contributed by atoms with van der Waals surface area (Å²) in [6.07, 6.45) is 0. The fourth-order valence-electron chi connectivity index (χ4n) is 1.95. The van der Waals surface area contributed by atoms with Crippen LogP contribution in [0.3, 0.4) is 0 Å². The van der Waals surface area contributed by atoms with Gasteiger partial charge in [0.25, 0.3) is 5.91 Å². The van der Waals surface area contributed by atoms with Crippen molar-refractivity contribution in [3.8, 4) is 5.75 Å². The molecule has 0 heterocycles. The van der Waals surface area contributed by atoms with Gasteiger partial charge in [0.1, 0.15) is 5.75 Å². The van der Waals surface area contributed by atoms with E-state index in [1.54, 1.807) is 48.5 Å². The summed E-state index contributed by atoms with van der Waals surface area (Å²) >= 11 is 5.13. The minimum Gasteiger partial charge on any atom is -0.496 e. The Kier molecular flexibility index (Phi) is 5.43. The third kappa shape index (κ3) is 4.37. The smallest absolute Gasteiger partial charge is 0.261 e. The number of anilines is 1. The van der Waals surface area contributed by atoms with Crippen molar-refractivity contribution in [2.24, 2.45) is 0 Å². The van der Waals surface area contributed by atoms with E-state index < -0.39 is 0 Å². The van der Waals surface area contributed by atoms with E-state index in [1.165, 1.54) is 14.0 Å². The summed E-state index contributed by atoms with van der Waals surface area (Å²) in [6.45, 7) is 1.50. The Morgan fingerprint density at radius 2 is 1.70 bits per heavy atom. The molecular weight excluding hydrogens is 312 g/mol. The number of benzene rings is 2. The van der Waals surface area contributed by atoms with Gasteiger partial charge in [-0.3, -0.25) is 14.9 Å². The van der Waals surface area contributed by atoms with Gasteiger partial charge in [-0.2, -0.15) is 0 Å². The number of ether oxygens (including phenoxy) is 1. The molecule has 0 aliphatic carbocycles. The normalized spacial score (nSPS) is 9.83. The number of carbonyl (C=O) groups excluding carboxylic acids is 2. The lowest BCUT2D eigenvalue weighted by atomic mass is 10.1. The predicted molar refractivity (Wildman–Crippen MR) is 93.1 cm³/mol. The zero-order valence-electron chi connectivity index (χ0n) is 12.8. The van der Waals surface area contributed by atoms with Gasteiger partial charge in [0.2, 0.25) is 0 Å². The van der Waals surface area contributed by atoms with Crippen LogP contribution in [-0.4, -0.2) is 23.9 Å². The largest absolute Gasteiger partial charge is 0.496 e. The second-order valence-corrected chi connectivity index (χ2v) is 5.15. The molecule has 5 nitrogen and oxygen atoms in total. The van der Waals surface area contributed by atoms with Crippen molar-refractivity contribution in [2.75, 3.05) is 12.4 Å². The fourth-order valence-corrected chi connectivity index (χ4v) is 2.16. The Morgan fingerprint density at radius 1 is 1.04 bits per heavy atom. The number of ketones is 1. The highest BCUT2D eigenvalue weighted by atomic mass is 32.1. The van der Waals surface area contributed by atoms with Gasteiger partial charge in [0.05, 0.1) is 12.7 Å². The van der Waals surface area contributed by atoms with E-state index in [2.05, 4.69) is 10.6 Å². The first kappa shape index (κ1) is 16.6. The minimum absolute atomic E-state index is 0.0106. The molecule has 0 bridgehead atoms. The molecule has 0 atom stereocenters. The molecule has 6 heteroatoms. The molecule has 2 aromatic rings. The van der Waals surface area contributed by atoms with Gasteiger partial charge in [-0.25, -0.2) is 0 Å². The van der Waals surface area contributed by atoms with Crippen molar-refractivity contribution in [1.29, 1.82) is 0 Å². The highest BCUT2D eigenvalue weighted by Gasteiger charge is 2.12. The topological polar surface area (TPSA) is 67.4 Å². The lowest BCUT2D eigenvalue weighted by Crippen LogP contribution is -2.34. The molecule has 0 radical (unpaired) electrons. The molecule has 2 rings (SSSR count). The standard InChI is InChI=1S/C17H16N2O3S/c1-11(20)12-7-9-13(10-8-12)18-17(23)19-16(21)14-5-3-4-6-15(14)22-2/h3-10H,1-2H3,(H2,18,19,21,23). The molecule has 0 unspecified atom stereocenters. The molecule has 0 saturated heterocycles. The Bertz CT molecular complexity index is 742. The Morgan fingerprint density at radius 3 is 2.30 bits per heavy atom. The van der Waals surface area contributed by atoms with E-state index in [0.717, 1.165) is 0 Å². The highest BCUT2D eigenvalue weighted by molar-refractivity contribution is 7.80. The third-order valence-corrected chi connectivity index (χ3v) is 3.33. The summed E-state index contributed by atoms with van der Waals surface area (Å²) in [5.41, 5.74) is 1.69. The molecule has 0 aliphatic heterocycles. The number of thiocarbonyl (C=S) groups is 1. The number of Topliss-reactive ketones (excluding diaryl/α,β-unsaturated/α-hetero) is 1. The second kappa shape index (κ2) is 7.51. The van der Waals surface area contributed by atoms with Crippen LogP contribution in [-0.2, 0) is 0 Å². The van der Waals surface area contributed by atoms with E-state index in [9.17, 15) is 9.59 Å². The molecule has 0 aliphatic rings. The average molecular weight is 328 g/mol. The van der Waals surface area contributed by atoms with Crippen LogP contribution in [0.25, 0.3) is 0 Å². The number of para-hydroxylation sites is 1. The maximum atomic E-state index is 12.2. The van der Waals surface area contributed by atoms with E-state index >= 15 is 0 Å². The van der Waals surface area contributed by atoms with Crippen LogP contribution in [0.15, 0.2) is 48.5 Å². The summed E-state index contributed by atoms with van der Waals surface area (Å²) in [6, 6.07) is 13.7. The van der Waals surface area contributed by atoms with Gasteiger partial charge in [0.15, 0.2) is 10.9 Å². The van der Waals surface area contributed by atoms with Crippen LogP contribution >= 0.6 is 12.2 Å². The number of hydrogen-bond acceptors (Lipinski definition) is 4. The van der Waals surface area contributed by atoms with Gasteiger partial charge >= 0.3 is 0 Å².